The number of fused-ring (bicyclic) bond motifs is 1. The lowest BCUT2D eigenvalue weighted by atomic mass is 10.0. The highest BCUT2D eigenvalue weighted by atomic mass is 19.4. The van der Waals surface area contributed by atoms with Crippen LogP contribution in [-0.2, 0) is 6.18 Å². The molecule has 0 spiro atoms. The van der Waals surface area contributed by atoms with Crippen LogP contribution in [0.15, 0.2) is 36.4 Å². The van der Waals surface area contributed by atoms with Crippen LogP contribution in [0.4, 0.5) is 22.0 Å². The maximum atomic E-state index is 12.7. The van der Waals surface area contributed by atoms with Gasteiger partial charge in [-0.3, -0.25) is 0 Å². The minimum atomic E-state index is -4.54. The first kappa shape index (κ1) is 12.6. The lowest BCUT2D eigenvalue weighted by molar-refractivity contribution is -0.136. The monoisotopic (exact) mass is 262 g/mol. The average molecular weight is 262 g/mol. The van der Waals surface area contributed by atoms with Gasteiger partial charge in [0.2, 0.25) is 0 Å². The van der Waals surface area contributed by atoms with E-state index < -0.39 is 18.4 Å². The van der Waals surface area contributed by atoms with Gasteiger partial charge in [-0.25, -0.2) is 0 Å². The minimum Gasteiger partial charge on any atom is -0.435 e. The normalized spacial score (nSPS) is 12.1. The Kier molecular flexibility index (Phi) is 3.11. The van der Waals surface area contributed by atoms with Crippen LogP contribution in [0.5, 0.6) is 5.75 Å². The van der Waals surface area contributed by atoms with E-state index in [2.05, 4.69) is 4.74 Å². The first-order valence-electron chi connectivity index (χ1n) is 4.93. The first-order chi connectivity index (χ1) is 8.38. The van der Waals surface area contributed by atoms with Gasteiger partial charge < -0.3 is 4.74 Å². The van der Waals surface area contributed by atoms with Gasteiger partial charge in [0.05, 0.1) is 5.56 Å². The molecule has 2 aromatic rings. The Morgan fingerprint density at radius 3 is 2.33 bits per heavy atom. The van der Waals surface area contributed by atoms with Crippen LogP contribution >= 0.6 is 0 Å². The fourth-order valence-corrected chi connectivity index (χ4v) is 1.68. The molecule has 18 heavy (non-hydrogen) atoms. The molecule has 0 fully saturated rings. The Bertz CT molecular complexity index is 562. The van der Waals surface area contributed by atoms with Crippen molar-refractivity contribution in [2.45, 2.75) is 12.8 Å². The fourth-order valence-electron chi connectivity index (χ4n) is 1.68. The predicted octanol–water partition coefficient (Wildman–Crippen LogP) is 4.46. The third-order valence-corrected chi connectivity index (χ3v) is 2.38. The molecule has 0 N–H and O–H groups in total. The highest BCUT2D eigenvalue weighted by molar-refractivity contribution is 5.87. The number of alkyl halides is 5. The standard InChI is InChI=1S/C12H7F5O/c13-11(14)18-8-5-4-7-2-1-3-10(9(7)6-8)12(15,16)17/h1-6,11H. The highest BCUT2D eigenvalue weighted by Gasteiger charge is 2.32. The molecule has 0 saturated carbocycles. The van der Waals surface area contributed by atoms with E-state index in [0.717, 1.165) is 12.1 Å². The Labute approximate surface area is 98.8 Å². The quantitative estimate of drug-likeness (QED) is 0.726. The molecule has 2 aromatic carbocycles. The van der Waals surface area contributed by atoms with E-state index in [-0.39, 0.29) is 11.1 Å². The number of ether oxygens (including phenoxy) is 1. The second-order valence-corrected chi connectivity index (χ2v) is 3.56. The lowest BCUT2D eigenvalue weighted by Crippen LogP contribution is -2.06. The summed E-state index contributed by atoms with van der Waals surface area (Å²) >= 11 is 0. The molecule has 96 valence electrons. The van der Waals surface area contributed by atoms with Gasteiger partial charge in [-0.15, -0.1) is 0 Å². The third kappa shape index (κ3) is 2.52. The minimum absolute atomic E-state index is 0.164. The van der Waals surface area contributed by atoms with Crippen LogP contribution in [0, 0.1) is 0 Å². The summed E-state index contributed by atoms with van der Waals surface area (Å²) in [5.41, 5.74) is -0.875. The molecule has 0 radical (unpaired) electrons. The van der Waals surface area contributed by atoms with Crippen LogP contribution < -0.4 is 4.74 Å². The molecule has 0 amide bonds. The molecule has 1 nitrogen and oxygen atoms in total. The zero-order valence-corrected chi connectivity index (χ0v) is 8.84. The second kappa shape index (κ2) is 4.44. The fraction of sp³-hybridized carbons (Fsp3) is 0.167. The van der Waals surface area contributed by atoms with Gasteiger partial charge in [0.25, 0.3) is 0 Å². The number of hydrogen-bond acceptors (Lipinski definition) is 1. The summed E-state index contributed by atoms with van der Waals surface area (Å²) in [5, 5.41) is 0.148. The topological polar surface area (TPSA) is 9.23 Å². The van der Waals surface area contributed by atoms with Crippen molar-refractivity contribution in [3.05, 3.63) is 42.0 Å². The molecule has 0 atom stereocenters. The molecule has 0 bridgehead atoms. The summed E-state index contributed by atoms with van der Waals surface area (Å²) in [7, 11) is 0. The Morgan fingerprint density at radius 1 is 1.00 bits per heavy atom. The molecule has 0 aliphatic heterocycles. The van der Waals surface area contributed by atoms with Crippen molar-refractivity contribution in [2.24, 2.45) is 0 Å². The number of benzene rings is 2. The van der Waals surface area contributed by atoms with Gasteiger partial charge >= 0.3 is 12.8 Å². The summed E-state index contributed by atoms with van der Waals surface area (Å²) in [4.78, 5) is 0. The van der Waals surface area contributed by atoms with E-state index in [1.807, 2.05) is 0 Å². The van der Waals surface area contributed by atoms with Gasteiger partial charge in [0.15, 0.2) is 0 Å². The van der Waals surface area contributed by atoms with E-state index in [4.69, 9.17) is 0 Å². The van der Waals surface area contributed by atoms with Crippen molar-refractivity contribution in [3.8, 4) is 5.75 Å². The molecular weight excluding hydrogens is 255 g/mol. The summed E-state index contributed by atoms with van der Waals surface area (Å²) < 4.78 is 66.3. The van der Waals surface area contributed by atoms with Crippen LogP contribution in [-0.4, -0.2) is 6.61 Å². The average Bonchev–Trinajstić information content (AvgIpc) is 2.26. The molecule has 0 unspecified atom stereocenters. The SMILES string of the molecule is FC(F)Oc1ccc2cccc(C(F)(F)F)c2c1. The largest absolute Gasteiger partial charge is 0.435 e. The molecule has 0 aliphatic carbocycles. The Hall–Kier alpha value is -1.85. The van der Waals surface area contributed by atoms with Crippen molar-refractivity contribution in [2.75, 3.05) is 0 Å². The van der Waals surface area contributed by atoms with Crippen LogP contribution in [0.25, 0.3) is 10.8 Å². The zero-order valence-electron chi connectivity index (χ0n) is 8.84. The molecule has 0 aliphatic rings. The van der Waals surface area contributed by atoms with Crippen molar-refractivity contribution in [1.29, 1.82) is 0 Å². The van der Waals surface area contributed by atoms with E-state index in [0.29, 0.717) is 5.39 Å². The van der Waals surface area contributed by atoms with E-state index in [1.54, 1.807) is 0 Å². The molecule has 0 aromatic heterocycles. The number of hydrogen-bond donors (Lipinski definition) is 0. The maximum absolute atomic E-state index is 12.7. The van der Waals surface area contributed by atoms with Crippen LogP contribution in [0.3, 0.4) is 0 Å². The predicted molar refractivity (Wildman–Crippen MR) is 55.6 cm³/mol. The summed E-state index contributed by atoms with van der Waals surface area (Å²) in [6.45, 7) is -3.07. The van der Waals surface area contributed by atoms with Crippen LogP contribution in [0.2, 0.25) is 0 Å². The van der Waals surface area contributed by atoms with Gasteiger partial charge in [0, 0.05) is 0 Å². The molecule has 2 rings (SSSR count). The van der Waals surface area contributed by atoms with Gasteiger partial charge in [-0.2, -0.15) is 22.0 Å². The van der Waals surface area contributed by atoms with Crippen molar-refractivity contribution in [3.63, 3.8) is 0 Å². The second-order valence-electron chi connectivity index (χ2n) is 3.56. The third-order valence-electron chi connectivity index (χ3n) is 2.38. The van der Waals surface area contributed by atoms with E-state index in [9.17, 15) is 22.0 Å². The summed E-state index contributed by atoms with van der Waals surface area (Å²) in [5.74, 6) is -0.297. The molecule has 0 heterocycles. The zero-order chi connectivity index (χ0) is 13.3. The smallest absolute Gasteiger partial charge is 0.417 e. The van der Waals surface area contributed by atoms with Crippen molar-refractivity contribution < 1.29 is 26.7 Å². The first-order valence-corrected chi connectivity index (χ1v) is 4.93. The highest BCUT2D eigenvalue weighted by Crippen LogP contribution is 2.36. The molecular formula is C12H7F5O. The van der Waals surface area contributed by atoms with Crippen molar-refractivity contribution >= 4 is 10.8 Å². The summed E-state index contributed by atoms with van der Waals surface area (Å²) in [6, 6.07) is 7.10. The van der Waals surface area contributed by atoms with E-state index in [1.165, 1.54) is 24.3 Å². The van der Waals surface area contributed by atoms with Gasteiger partial charge in [-0.1, -0.05) is 18.2 Å². The van der Waals surface area contributed by atoms with E-state index >= 15 is 0 Å². The Morgan fingerprint density at radius 2 is 1.72 bits per heavy atom. The molecule has 6 heteroatoms. The van der Waals surface area contributed by atoms with Gasteiger partial charge in [0.1, 0.15) is 5.75 Å². The van der Waals surface area contributed by atoms with Crippen molar-refractivity contribution in [1.82, 2.24) is 0 Å². The lowest BCUT2D eigenvalue weighted by Gasteiger charge is -2.11. The Balaban J connectivity index is 2.59. The number of halogens is 5. The van der Waals surface area contributed by atoms with Gasteiger partial charge in [-0.05, 0) is 29.0 Å². The number of rotatable bonds is 2. The summed E-state index contributed by atoms with van der Waals surface area (Å²) in [6.07, 6.45) is -4.54. The molecule has 0 saturated heterocycles. The maximum Gasteiger partial charge on any atom is 0.417 e. The van der Waals surface area contributed by atoms with Crippen LogP contribution in [0.1, 0.15) is 5.56 Å².